The number of nitrogens with one attached hydrogen (secondary N) is 3. The minimum Gasteiger partial charge on any atom is -0.506 e. The Morgan fingerprint density at radius 3 is 2.49 bits per heavy atom. The Morgan fingerprint density at radius 2 is 1.87 bits per heavy atom. The summed E-state index contributed by atoms with van der Waals surface area (Å²) in [7, 11) is -1.46. The number of phenols is 1. The number of rotatable bonds is 14. The maximum Gasteiger partial charge on any atom is 0.259 e. The first kappa shape index (κ1) is 33.0. The van der Waals surface area contributed by atoms with Crippen molar-refractivity contribution in [2.45, 2.75) is 55.9 Å². The van der Waals surface area contributed by atoms with Crippen molar-refractivity contribution in [1.29, 1.82) is 0 Å². The van der Waals surface area contributed by atoms with Crippen molar-refractivity contribution in [2.75, 3.05) is 13.1 Å². The third-order valence-electron chi connectivity index (χ3n) is 5.33. The Balaban J connectivity index is 1.99. The van der Waals surface area contributed by atoms with E-state index in [0.717, 1.165) is 22.3 Å². The second-order valence-electron chi connectivity index (χ2n) is 9.07. The third kappa shape index (κ3) is 10.7. The van der Waals surface area contributed by atoms with E-state index < -0.39 is 44.3 Å². The van der Waals surface area contributed by atoms with Gasteiger partial charge in [0.25, 0.3) is 5.91 Å². The number of allylic oxidation sites excluding steroid dienone is 1. The Morgan fingerprint density at radius 1 is 1.15 bits per heavy atom. The molecule has 0 saturated heterocycles. The number of hydrogen-bond donors (Lipinski definition) is 4. The summed E-state index contributed by atoms with van der Waals surface area (Å²) in [5, 5.41) is 16.6. The van der Waals surface area contributed by atoms with Crippen LogP contribution in [-0.4, -0.2) is 44.5 Å². The minimum atomic E-state index is -4.06. The predicted molar refractivity (Wildman–Crippen MR) is 157 cm³/mol. The molecule has 39 heavy (non-hydrogen) atoms. The van der Waals surface area contributed by atoms with E-state index in [1.165, 1.54) is 11.8 Å². The van der Waals surface area contributed by atoms with Crippen LogP contribution in [0.3, 0.4) is 0 Å². The van der Waals surface area contributed by atoms with Crippen LogP contribution in [0, 0.1) is 11.7 Å². The number of phenolic OH excluding ortho intramolecular Hbond substituents is 1. The Hall–Kier alpha value is -2.17. The molecule has 0 radical (unpaired) electrons. The lowest BCUT2D eigenvalue weighted by molar-refractivity contribution is -0.127. The van der Waals surface area contributed by atoms with Crippen LogP contribution in [0.4, 0.5) is 4.39 Å². The summed E-state index contributed by atoms with van der Waals surface area (Å²) >= 11 is 7.63. The molecule has 2 unspecified atom stereocenters. The zero-order valence-electron chi connectivity index (χ0n) is 22.0. The molecule has 13 heteroatoms. The molecule has 0 spiro atoms. The van der Waals surface area contributed by atoms with Crippen LogP contribution in [0.25, 0.3) is 0 Å². The zero-order chi connectivity index (χ0) is 29.2. The van der Waals surface area contributed by atoms with Gasteiger partial charge in [-0.25, -0.2) is 17.5 Å². The molecule has 0 aliphatic rings. The van der Waals surface area contributed by atoms with Gasteiger partial charge in [0.1, 0.15) is 22.5 Å². The van der Waals surface area contributed by atoms with Gasteiger partial charge in [-0.3, -0.25) is 9.59 Å². The molecule has 0 heterocycles. The molecule has 0 aliphatic heterocycles. The zero-order valence-corrected chi connectivity index (χ0v) is 25.5. The van der Waals surface area contributed by atoms with E-state index in [1.807, 2.05) is 45.0 Å². The molecule has 4 N–H and O–H groups in total. The first-order valence-corrected chi connectivity index (χ1v) is 15.6. The lowest BCUT2D eigenvalue weighted by Gasteiger charge is -2.21. The van der Waals surface area contributed by atoms with Gasteiger partial charge in [-0.1, -0.05) is 56.3 Å². The summed E-state index contributed by atoms with van der Waals surface area (Å²) in [6.45, 7) is 5.80. The van der Waals surface area contributed by atoms with Crippen molar-refractivity contribution >= 4 is 59.7 Å². The van der Waals surface area contributed by atoms with Gasteiger partial charge in [0.05, 0.1) is 4.91 Å². The first-order valence-electron chi connectivity index (χ1n) is 12.3. The summed E-state index contributed by atoms with van der Waals surface area (Å²) in [5.41, 5.74) is 0. The summed E-state index contributed by atoms with van der Waals surface area (Å²) in [6.07, 6.45) is 1.07. The summed E-state index contributed by atoms with van der Waals surface area (Å²) in [6, 6.07) is 9.36. The van der Waals surface area contributed by atoms with Gasteiger partial charge in [0.15, 0.2) is 0 Å². The van der Waals surface area contributed by atoms with Crippen LogP contribution in [0.5, 0.6) is 5.75 Å². The van der Waals surface area contributed by atoms with Gasteiger partial charge in [0.2, 0.25) is 15.9 Å². The molecule has 214 valence electrons. The van der Waals surface area contributed by atoms with E-state index in [9.17, 15) is 27.5 Å². The molecular weight excluding hydrogens is 584 g/mol. The topological polar surface area (TPSA) is 125 Å². The average Bonchev–Trinajstić information content (AvgIpc) is 2.85. The van der Waals surface area contributed by atoms with Crippen molar-refractivity contribution in [1.82, 2.24) is 15.4 Å². The number of hydrogen-bond acceptors (Lipinski definition) is 6. The molecule has 2 aromatic rings. The van der Waals surface area contributed by atoms with Gasteiger partial charge in [0, 0.05) is 29.1 Å². The lowest BCUT2D eigenvalue weighted by Crippen LogP contribution is -2.48. The third-order valence-corrected chi connectivity index (χ3v) is 8.89. The maximum atomic E-state index is 13.2. The molecule has 2 aromatic carbocycles. The highest BCUT2D eigenvalue weighted by molar-refractivity contribution is 8.04. The number of thioether (sulfide) groups is 1. The van der Waals surface area contributed by atoms with Crippen LogP contribution in [0.2, 0.25) is 0 Å². The van der Waals surface area contributed by atoms with Crippen LogP contribution in [-0.2, 0) is 19.6 Å². The van der Waals surface area contributed by atoms with E-state index in [-0.39, 0.29) is 25.4 Å². The van der Waals surface area contributed by atoms with Crippen molar-refractivity contribution in [3.8, 4) is 5.75 Å². The number of carbonyl (C=O) groups is 2. The monoisotopic (exact) mass is 617 g/mol. The second-order valence-corrected chi connectivity index (χ2v) is 13.0. The summed E-state index contributed by atoms with van der Waals surface area (Å²) in [5.74, 6) is -2.20. The van der Waals surface area contributed by atoms with Gasteiger partial charge >= 0.3 is 0 Å². The van der Waals surface area contributed by atoms with Crippen molar-refractivity contribution in [3.63, 3.8) is 0 Å². The molecule has 8 nitrogen and oxygen atoms in total. The van der Waals surface area contributed by atoms with Crippen LogP contribution >= 0.6 is 32.6 Å². The minimum absolute atomic E-state index is 0.0367. The quantitative estimate of drug-likeness (QED) is 0.110. The second kappa shape index (κ2) is 15.6. The molecule has 0 aliphatic carbocycles. The fourth-order valence-electron chi connectivity index (χ4n) is 3.43. The number of carbonyl (C=O) groups excluding carboxylic acids is 2. The number of halogens is 2. The SMILES string of the molecule is CC/C(Cl)=C(\Sc1cccc(P)c1)C(=O)NC(CC(C)C)C(=O)NCCCNS(=O)(=O)c1ccc(F)cc1O. The van der Waals surface area contributed by atoms with Crippen LogP contribution in [0.1, 0.15) is 40.0 Å². The van der Waals surface area contributed by atoms with E-state index in [0.29, 0.717) is 28.8 Å². The normalized spacial score (nSPS) is 13.1. The van der Waals surface area contributed by atoms with E-state index >= 15 is 0 Å². The highest BCUT2D eigenvalue weighted by Gasteiger charge is 2.25. The fourth-order valence-corrected chi connectivity index (χ4v) is 6.18. The molecule has 0 aromatic heterocycles. The highest BCUT2D eigenvalue weighted by Crippen LogP contribution is 2.32. The number of amides is 2. The maximum absolute atomic E-state index is 13.2. The van der Waals surface area contributed by atoms with Crippen LogP contribution < -0.4 is 20.7 Å². The Bertz CT molecular complexity index is 1310. The first-order chi connectivity index (χ1) is 18.3. The lowest BCUT2D eigenvalue weighted by atomic mass is 10.0. The van der Waals surface area contributed by atoms with Gasteiger partial charge < -0.3 is 15.7 Å². The molecule has 0 bridgehead atoms. The standard InChI is InChI=1S/C26H34ClFN3O5PS2/c1-4-20(27)24(38-19-8-5-7-18(37)15-19)26(34)31-21(13-16(2)3)25(33)29-11-6-12-30-39(35,36)23-10-9-17(28)14-22(23)32/h5,7-10,14-16,21,30,32H,4,6,11-13,37H2,1-3H3,(H,29,33)(H,31,34)/b24-20+. The van der Waals surface area contributed by atoms with Crippen molar-refractivity contribution < 1.29 is 27.5 Å². The molecule has 2 amide bonds. The number of sulfonamides is 1. The largest absolute Gasteiger partial charge is 0.506 e. The summed E-state index contributed by atoms with van der Waals surface area (Å²) < 4.78 is 40.2. The fraction of sp³-hybridized carbons (Fsp3) is 0.385. The molecule has 2 atom stereocenters. The Kier molecular flexibility index (Phi) is 13.2. The van der Waals surface area contributed by atoms with E-state index in [4.69, 9.17) is 11.6 Å². The highest BCUT2D eigenvalue weighted by atomic mass is 35.5. The van der Waals surface area contributed by atoms with E-state index in [1.54, 1.807) is 0 Å². The molecule has 0 saturated carbocycles. The molecule has 2 rings (SSSR count). The smallest absolute Gasteiger partial charge is 0.259 e. The van der Waals surface area contributed by atoms with Crippen LogP contribution in [0.15, 0.2) is 62.2 Å². The van der Waals surface area contributed by atoms with Crippen molar-refractivity contribution in [2.24, 2.45) is 5.92 Å². The van der Waals surface area contributed by atoms with E-state index in [2.05, 4.69) is 24.6 Å². The molecule has 0 fully saturated rings. The Labute approximate surface area is 240 Å². The number of benzene rings is 2. The van der Waals surface area contributed by atoms with Crippen molar-refractivity contribution in [3.05, 3.63) is 58.2 Å². The predicted octanol–water partition coefficient (Wildman–Crippen LogP) is 4.00. The summed E-state index contributed by atoms with van der Waals surface area (Å²) in [4.78, 5) is 26.9. The number of aromatic hydroxyl groups is 1. The van der Waals surface area contributed by atoms with Gasteiger partial charge in [-0.2, -0.15) is 0 Å². The van der Waals surface area contributed by atoms with Gasteiger partial charge in [-0.05, 0) is 54.8 Å². The average molecular weight is 618 g/mol. The molecular formula is C26H34ClFN3O5PS2. The van der Waals surface area contributed by atoms with Gasteiger partial charge in [-0.15, -0.1) is 9.24 Å².